The first kappa shape index (κ1) is 17.9. The number of phenolic OH excluding ortho intramolecular Hbond substituents is 1. The number of hydrogen-bond acceptors (Lipinski definition) is 3. The maximum atomic E-state index is 12.2. The summed E-state index contributed by atoms with van der Waals surface area (Å²) >= 11 is 5.19. The van der Waals surface area contributed by atoms with Crippen LogP contribution in [0.4, 0.5) is 5.69 Å². The van der Waals surface area contributed by atoms with E-state index < -0.39 is 0 Å². The van der Waals surface area contributed by atoms with E-state index in [1.165, 1.54) is 0 Å². The summed E-state index contributed by atoms with van der Waals surface area (Å²) in [4.78, 5) is 12.2. The van der Waals surface area contributed by atoms with E-state index in [1.54, 1.807) is 18.2 Å². The van der Waals surface area contributed by atoms with Gasteiger partial charge in [0, 0.05) is 5.56 Å². The zero-order valence-corrected chi connectivity index (χ0v) is 14.9. The minimum Gasteiger partial charge on any atom is -0.506 e. The largest absolute Gasteiger partial charge is 0.506 e. The van der Waals surface area contributed by atoms with Gasteiger partial charge in [-0.15, -0.1) is 0 Å². The zero-order chi connectivity index (χ0) is 17.7. The van der Waals surface area contributed by atoms with Gasteiger partial charge in [-0.3, -0.25) is 10.1 Å². The Bertz CT molecular complexity index is 759. The molecule has 1 atom stereocenters. The second-order valence-corrected chi connectivity index (χ2v) is 6.27. The third-order valence-electron chi connectivity index (χ3n) is 3.96. The van der Waals surface area contributed by atoms with Crippen molar-refractivity contribution in [3.63, 3.8) is 0 Å². The van der Waals surface area contributed by atoms with Crippen molar-refractivity contribution in [3.8, 4) is 5.75 Å². The topological polar surface area (TPSA) is 61.4 Å². The number of aryl methyl sites for hydroxylation is 1. The third-order valence-corrected chi connectivity index (χ3v) is 4.16. The van der Waals surface area contributed by atoms with Crippen molar-refractivity contribution >= 4 is 28.9 Å². The number of carbonyl (C=O) groups is 1. The second-order valence-electron chi connectivity index (χ2n) is 5.86. The highest BCUT2D eigenvalue weighted by Crippen LogP contribution is 2.29. The summed E-state index contributed by atoms with van der Waals surface area (Å²) in [6.45, 7) is 6.15. The predicted octanol–water partition coefficient (Wildman–Crippen LogP) is 4.34. The van der Waals surface area contributed by atoms with Crippen molar-refractivity contribution in [1.82, 2.24) is 5.32 Å². The maximum absolute atomic E-state index is 12.2. The van der Waals surface area contributed by atoms with Crippen LogP contribution in [0, 0.1) is 6.92 Å². The van der Waals surface area contributed by atoms with E-state index in [4.69, 9.17) is 12.2 Å². The zero-order valence-electron chi connectivity index (χ0n) is 14.1. The molecule has 126 valence electrons. The van der Waals surface area contributed by atoms with Crippen LogP contribution in [-0.2, 0) is 0 Å². The van der Waals surface area contributed by atoms with Crippen molar-refractivity contribution in [1.29, 1.82) is 0 Å². The normalized spacial score (nSPS) is 11.6. The Morgan fingerprint density at radius 2 is 2.00 bits per heavy atom. The van der Waals surface area contributed by atoms with Gasteiger partial charge in [0.05, 0.1) is 5.69 Å². The highest BCUT2D eigenvalue weighted by Gasteiger charge is 2.11. The lowest BCUT2D eigenvalue weighted by Gasteiger charge is -2.15. The number of phenols is 1. The second kappa shape index (κ2) is 7.93. The molecule has 2 aromatic rings. The highest BCUT2D eigenvalue weighted by molar-refractivity contribution is 7.80. The van der Waals surface area contributed by atoms with Crippen LogP contribution in [0.5, 0.6) is 5.75 Å². The first-order valence-corrected chi connectivity index (χ1v) is 8.33. The van der Waals surface area contributed by atoms with Crippen molar-refractivity contribution in [2.24, 2.45) is 0 Å². The first-order valence-electron chi connectivity index (χ1n) is 7.92. The van der Waals surface area contributed by atoms with Crippen LogP contribution in [0.2, 0.25) is 0 Å². The fraction of sp³-hybridized carbons (Fsp3) is 0.263. The maximum Gasteiger partial charge on any atom is 0.257 e. The van der Waals surface area contributed by atoms with Crippen molar-refractivity contribution in [2.75, 3.05) is 5.32 Å². The van der Waals surface area contributed by atoms with Crippen LogP contribution < -0.4 is 10.6 Å². The molecule has 0 aliphatic rings. The summed E-state index contributed by atoms with van der Waals surface area (Å²) in [5, 5.41) is 15.7. The molecule has 0 bridgehead atoms. The average Bonchev–Trinajstić information content (AvgIpc) is 2.56. The molecular weight excluding hydrogens is 320 g/mol. The van der Waals surface area contributed by atoms with Crippen LogP contribution >= 0.6 is 12.2 Å². The minimum absolute atomic E-state index is 0.0919. The van der Waals surface area contributed by atoms with E-state index in [0.29, 0.717) is 17.2 Å². The number of thiocarbonyl (C=S) groups is 1. The molecule has 0 aliphatic heterocycles. The molecule has 4 nitrogen and oxygen atoms in total. The summed E-state index contributed by atoms with van der Waals surface area (Å²) in [6, 6.07) is 12.6. The lowest BCUT2D eigenvalue weighted by atomic mass is 9.98. The molecule has 0 aliphatic carbocycles. The number of anilines is 1. The van der Waals surface area contributed by atoms with Crippen LogP contribution in [-0.4, -0.2) is 16.1 Å². The van der Waals surface area contributed by atoms with Crippen molar-refractivity contribution < 1.29 is 9.90 Å². The highest BCUT2D eigenvalue weighted by atomic mass is 32.1. The molecule has 1 amide bonds. The molecule has 2 aromatic carbocycles. The van der Waals surface area contributed by atoms with E-state index in [9.17, 15) is 9.90 Å². The summed E-state index contributed by atoms with van der Waals surface area (Å²) in [5.41, 5.74) is 3.13. The Balaban J connectivity index is 2.08. The lowest BCUT2D eigenvalue weighted by molar-refractivity contribution is 0.0977. The Labute approximate surface area is 147 Å². The first-order chi connectivity index (χ1) is 11.4. The molecule has 5 heteroatoms. The Kier molecular flexibility index (Phi) is 5.93. The molecule has 0 saturated heterocycles. The van der Waals surface area contributed by atoms with Gasteiger partial charge in [-0.2, -0.15) is 0 Å². The fourth-order valence-electron chi connectivity index (χ4n) is 2.31. The SMILES string of the molecule is CC[C@H](C)c1ccc(O)c(NC(=S)NC(=O)c2cccc(C)c2)c1. The number of benzene rings is 2. The van der Waals surface area contributed by atoms with Gasteiger partial charge in [0.2, 0.25) is 0 Å². The molecule has 3 N–H and O–H groups in total. The molecule has 0 spiro atoms. The van der Waals surface area contributed by atoms with Gasteiger partial charge in [0.1, 0.15) is 5.75 Å². The summed E-state index contributed by atoms with van der Waals surface area (Å²) in [7, 11) is 0. The van der Waals surface area contributed by atoms with Gasteiger partial charge >= 0.3 is 0 Å². The Hall–Kier alpha value is -2.40. The van der Waals surface area contributed by atoms with E-state index >= 15 is 0 Å². The van der Waals surface area contributed by atoms with E-state index in [0.717, 1.165) is 17.5 Å². The number of amides is 1. The van der Waals surface area contributed by atoms with Crippen molar-refractivity contribution in [2.45, 2.75) is 33.1 Å². The average molecular weight is 342 g/mol. The molecule has 24 heavy (non-hydrogen) atoms. The van der Waals surface area contributed by atoms with E-state index in [2.05, 4.69) is 24.5 Å². The minimum atomic E-state index is -0.284. The van der Waals surface area contributed by atoms with Gasteiger partial charge < -0.3 is 10.4 Å². The fourth-order valence-corrected chi connectivity index (χ4v) is 2.51. The van der Waals surface area contributed by atoms with Crippen LogP contribution in [0.1, 0.15) is 47.7 Å². The predicted molar refractivity (Wildman–Crippen MR) is 102 cm³/mol. The molecule has 0 saturated carbocycles. The Morgan fingerprint density at radius 3 is 2.67 bits per heavy atom. The molecular formula is C19H22N2O2S. The van der Waals surface area contributed by atoms with Gasteiger partial charge in [-0.25, -0.2) is 0 Å². The molecule has 0 aromatic heterocycles. The Morgan fingerprint density at radius 1 is 1.25 bits per heavy atom. The van der Waals surface area contributed by atoms with Crippen LogP contribution in [0.15, 0.2) is 42.5 Å². The lowest BCUT2D eigenvalue weighted by Crippen LogP contribution is -2.34. The number of aromatic hydroxyl groups is 1. The summed E-state index contributed by atoms with van der Waals surface area (Å²) in [5.74, 6) is 0.185. The molecule has 0 unspecified atom stereocenters. The molecule has 0 fully saturated rings. The van der Waals surface area contributed by atoms with Crippen LogP contribution in [0.25, 0.3) is 0 Å². The molecule has 2 rings (SSSR count). The van der Waals surface area contributed by atoms with E-state index in [1.807, 2.05) is 31.2 Å². The van der Waals surface area contributed by atoms with Crippen LogP contribution in [0.3, 0.4) is 0 Å². The number of rotatable bonds is 4. The van der Waals surface area contributed by atoms with Crippen molar-refractivity contribution in [3.05, 3.63) is 59.2 Å². The number of nitrogens with one attached hydrogen (secondary N) is 2. The smallest absolute Gasteiger partial charge is 0.257 e. The number of hydrogen-bond donors (Lipinski definition) is 3. The van der Waals surface area contributed by atoms with Gasteiger partial charge in [0.25, 0.3) is 5.91 Å². The van der Waals surface area contributed by atoms with Gasteiger partial charge in [0.15, 0.2) is 5.11 Å². The summed E-state index contributed by atoms with van der Waals surface area (Å²) < 4.78 is 0. The summed E-state index contributed by atoms with van der Waals surface area (Å²) in [6.07, 6.45) is 0.999. The quantitative estimate of drug-likeness (QED) is 0.571. The third kappa shape index (κ3) is 4.55. The van der Waals surface area contributed by atoms with Gasteiger partial charge in [-0.05, 0) is 61.3 Å². The standard InChI is InChI=1S/C19H22N2O2S/c1-4-13(3)14-8-9-17(22)16(11-14)20-19(24)21-18(23)15-7-5-6-12(2)10-15/h5-11,13,22H,4H2,1-3H3,(H2,20,21,23,24)/t13-/m0/s1. The molecule has 0 radical (unpaired) electrons. The number of carbonyl (C=O) groups excluding carboxylic acids is 1. The van der Waals surface area contributed by atoms with E-state index in [-0.39, 0.29) is 16.8 Å². The monoisotopic (exact) mass is 342 g/mol. The molecule has 0 heterocycles. The van der Waals surface area contributed by atoms with Gasteiger partial charge in [-0.1, -0.05) is 37.6 Å².